The van der Waals surface area contributed by atoms with E-state index in [0.717, 1.165) is 45.6 Å². The molecule has 0 atom stereocenters. The minimum absolute atomic E-state index is 0.294. The van der Waals surface area contributed by atoms with Gasteiger partial charge < -0.3 is 10.4 Å². The lowest BCUT2D eigenvalue weighted by atomic mass is 10.2. The van der Waals surface area contributed by atoms with Gasteiger partial charge in [0, 0.05) is 32.7 Å². The second-order valence-corrected chi connectivity index (χ2v) is 3.75. The van der Waals surface area contributed by atoms with Crippen molar-refractivity contribution >= 4 is 0 Å². The minimum Gasteiger partial charge on any atom is -0.389 e. The Labute approximate surface area is 67.4 Å². The van der Waals surface area contributed by atoms with Crippen molar-refractivity contribution < 1.29 is 5.11 Å². The maximum atomic E-state index is 9.62. The Balaban J connectivity index is 1.76. The van der Waals surface area contributed by atoms with E-state index in [1.807, 2.05) is 0 Å². The molecule has 2 aliphatic rings. The third kappa shape index (κ3) is 1.92. The Kier molecular flexibility index (Phi) is 1.87. The molecule has 0 bridgehead atoms. The first-order valence-corrected chi connectivity index (χ1v) is 4.44. The van der Waals surface area contributed by atoms with Gasteiger partial charge in [0.05, 0.1) is 5.60 Å². The van der Waals surface area contributed by atoms with Crippen LogP contribution in [-0.2, 0) is 0 Å². The number of aliphatic hydroxyl groups is 1. The molecule has 2 fully saturated rings. The molecule has 1 heterocycles. The second kappa shape index (κ2) is 2.73. The molecule has 1 saturated heterocycles. The summed E-state index contributed by atoms with van der Waals surface area (Å²) in [5, 5.41) is 12.9. The molecule has 0 aromatic carbocycles. The molecule has 3 heteroatoms. The van der Waals surface area contributed by atoms with Crippen molar-refractivity contribution in [2.45, 2.75) is 18.4 Å². The summed E-state index contributed by atoms with van der Waals surface area (Å²) in [6, 6.07) is 0. The van der Waals surface area contributed by atoms with Gasteiger partial charge in [-0.05, 0) is 12.8 Å². The average Bonchev–Trinajstić information content (AvgIpc) is 2.70. The molecule has 1 saturated carbocycles. The van der Waals surface area contributed by atoms with E-state index in [1.54, 1.807) is 0 Å². The molecule has 0 unspecified atom stereocenters. The van der Waals surface area contributed by atoms with Crippen LogP contribution >= 0.6 is 0 Å². The predicted molar refractivity (Wildman–Crippen MR) is 43.5 cm³/mol. The van der Waals surface area contributed by atoms with E-state index in [-0.39, 0.29) is 5.60 Å². The monoisotopic (exact) mass is 156 g/mol. The lowest BCUT2D eigenvalue weighted by molar-refractivity contribution is 0.0856. The van der Waals surface area contributed by atoms with Crippen molar-refractivity contribution in [2.75, 3.05) is 32.7 Å². The molecule has 0 radical (unpaired) electrons. The number of β-amino-alcohol motifs (C(OH)–C–C–N with tert-alkyl or cyclic N) is 1. The van der Waals surface area contributed by atoms with E-state index in [2.05, 4.69) is 10.2 Å². The Morgan fingerprint density at radius 2 is 1.91 bits per heavy atom. The van der Waals surface area contributed by atoms with Gasteiger partial charge in [-0.15, -0.1) is 0 Å². The quantitative estimate of drug-likeness (QED) is 0.561. The Morgan fingerprint density at radius 1 is 1.27 bits per heavy atom. The van der Waals surface area contributed by atoms with Gasteiger partial charge in [0.25, 0.3) is 0 Å². The van der Waals surface area contributed by atoms with Gasteiger partial charge >= 0.3 is 0 Å². The Hall–Kier alpha value is -0.120. The van der Waals surface area contributed by atoms with E-state index in [9.17, 15) is 5.11 Å². The van der Waals surface area contributed by atoms with Crippen LogP contribution in [0.2, 0.25) is 0 Å². The number of rotatable bonds is 2. The average molecular weight is 156 g/mol. The van der Waals surface area contributed by atoms with Gasteiger partial charge in [0.1, 0.15) is 0 Å². The number of nitrogens with one attached hydrogen (secondary N) is 1. The molecule has 3 nitrogen and oxygen atoms in total. The number of nitrogens with zero attached hydrogens (tertiary/aromatic N) is 1. The number of hydrogen-bond donors (Lipinski definition) is 2. The van der Waals surface area contributed by atoms with Gasteiger partial charge in [0.2, 0.25) is 0 Å². The van der Waals surface area contributed by atoms with Crippen LogP contribution in [-0.4, -0.2) is 48.3 Å². The number of hydrogen-bond acceptors (Lipinski definition) is 3. The van der Waals surface area contributed by atoms with Gasteiger partial charge in [-0.25, -0.2) is 0 Å². The summed E-state index contributed by atoms with van der Waals surface area (Å²) in [5.74, 6) is 0. The van der Waals surface area contributed by atoms with Crippen molar-refractivity contribution in [3.05, 3.63) is 0 Å². The Bertz CT molecular complexity index is 139. The molecule has 1 aliphatic carbocycles. The highest BCUT2D eigenvalue weighted by atomic mass is 16.3. The van der Waals surface area contributed by atoms with Crippen molar-refractivity contribution in [1.82, 2.24) is 10.2 Å². The fourth-order valence-electron chi connectivity index (χ4n) is 1.59. The summed E-state index contributed by atoms with van der Waals surface area (Å²) in [6.07, 6.45) is 2.02. The fourth-order valence-corrected chi connectivity index (χ4v) is 1.59. The van der Waals surface area contributed by atoms with Crippen molar-refractivity contribution in [3.63, 3.8) is 0 Å². The lowest BCUT2D eigenvalue weighted by Crippen LogP contribution is -2.46. The number of piperazine rings is 1. The van der Waals surface area contributed by atoms with Crippen LogP contribution in [0.3, 0.4) is 0 Å². The summed E-state index contributed by atoms with van der Waals surface area (Å²) in [6.45, 7) is 5.26. The van der Waals surface area contributed by atoms with Crippen LogP contribution in [0.15, 0.2) is 0 Å². The highest BCUT2D eigenvalue weighted by Crippen LogP contribution is 2.35. The molecule has 0 amide bonds. The maximum Gasteiger partial charge on any atom is 0.0776 e. The van der Waals surface area contributed by atoms with Crippen LogP contribution in [0.1, 0.15) is 12.8 Å². The molecule has 2 rings (SSSR count). The molecule has 1 aliphatic heterocycles. The summed E-state index contributed by atoms with van der Waals surface area (Å²) in [7, 11) is 0. The molecule has 64 valence electrons. The molecular weight excluding hydrogens is 140 g/mol. The van der Waals surface area contributed by atoms with E-state index in [1.165, 1.54) is 0 Å². The smallest absolute Gasteiger partial charge is 0.0776 e. The largest absolute Gasteiger partial charge is 0.389 e. The van der Waals surface area contributed by atoms with E-state index < -0.39 is 0 Å². The summed E-state index contributed by atoms with van der Waals surface area (Å²) >= 11 is 0. The standard InChI is InChI=1S/C8H16N2O/c11-8(1-2-8)7-10-5-3-9-4-6-10/h9,11H,1-7H2. The maximum absolute atomic E-state index is 9.62. The zero-order valence-corrected chi connectivity index (χ0v) is 6.84. The first kappa shape index (κ1) is 7.53. The molecule has 0 aromatic heterocycles. The van der Waals surface area contributed by atoms with Crippen LogP contribution < -0.4 is 5.32 Å². The van der Waals surface area contributed by atoms with Gasteiger partial charge in [-0.1, -0.05) is 0 Å². The molecule has 11 heavy (non-hydrogen) atoms. The third-order valence-electron chi connectivity index (χ3n) is 2.55. The van der Waals surface area contributed by atoms with Gasteiger partial charge in [-0.3, -0.25) is 4.90 Å². The molecule has 2 N–H and O–H groups in total. The summed E-state index contributed by atoms with van der Waals surface area (Å²) < 4.78 is 0. The zero-order valence-electron chi connectivity index (χ0n) is 6.84. The molecule has 0 spiro atoms. The van der Waals surface area contributed by atoms with Crippen LogP contribution in [0.4, 0.5) is 0 Å². The Morgan fingerprint density at radius 3 is 2.45 bits per heavy atom. The molecular formula is C8H16N2O. The highest BCUT2D eigenvalue weighted by Gasteiger charge is 2.41. The molecule has 0 aromatic rings. The SMILES string of the molecule is OC1(CN2CCNCC2)CC1. The van der Waals surface area contributed by atoms with Crippen molar-refractivity contribution in [1.29, 1.82) is 0 Å². The van der Waals surface area contributed by atoms with E-state index in [0.29, 0.717) is 0 Å². The minimum atomic E-state index is -0.294. The first-order chi connectivity index (χ1) is 5.29. The normalized spacial score (nSPS) is 30.3. The van der Waals surface area contributed by atoms with Crippen LogP contribution in [0.25, 0.3) is 0 Å². The van der Waals surface area contributed by atoms with E-state index in [4.69, 9.17) is 0 Å². The topological polar surface area (TPSA) is 35.5 Å². The summed E-state index contributed by atoms with van der Waals surface area (Å²) in [5.41, 5.74) is -0.294. The van der Waals surface area contributed by atoms with Gasteiger partial charge in [0.15, 0.2) is 0 Å². The fraction of sp³-hybridized carbons (Fsp3) is 1.00. The van der Waals surface area contributed by atoms with Crippen molar-refractivity contribution in [2.24, 2.45) is 0 Å². The predicted octanol–water partition coefficient (Wildman–Crippen LogP) is -0.583. The zero-order chi connectivity index (χ0) is 7.73. The highest BCUT2D eigenvalue weighted by molar-refractivity contribution is 4.96. The summed E-state index contributed by atoms with van der Waals surface area (Å²) in [4.78, 5) is 2.35. The van der Waals surface area contributed by atoms with Crippen LogP contribution in [0.5, 0.6) is 0 Å². The van der Waals surface area contributed by atoms with Crippen molar-refractivity contribution in [3.8, 4) is 0 Å². The van der Waals surface area contributed by atoms with E-state index >= 15 is 0 Å². The third-order valence-corrected chi connectivity index (χ3v) is 2.55. The first-order valence-electron chi connectivity index (χ1n) is 4.44. The van der Waals surface area contributed by atoms with Gasteiger partial charge in [-0.2, -0.15) is 0 Å². The lowest BCUT2D eigenvalue weighted by Gasteiger charge is -2.28. The second-order valence-electron chi connectivity index (χ2n) is 3.75. The van der Waals surface area contributed by atoms with Crippen LogP contribution in [0, 0.1) is 0 Å².